The molecule has 2 aromatic heterocycles. The third-order valence-electron chi connectivity index (χ3n) is 1.96. The molecule has 2 aromatic rings. The first-order valence-electron chi connectivity index (χ1n) is 4.75. The van der Waals surface area contributed by atoms with Crippen LogP contribution in [0.4, 0.5) is 10.2 Å². The van der Waals surface area contributed by atoms with E-state index in [4.69, 9.17) is 0 Å². The molecule has 0 saturated carbocycles. The Morgan fingerprint density at radius 2 is 2.12 bits per heavy atom. The van der Waals surface area contributed by atoms with Crippen molar-refractivity contribution in [3.63, 3.8) is 0 Å². The molecule has 6 heteroatoms. The van der Waals surface area contributed by atoms with Crippen LogP contribution in [0, 0.1) is 5.95 Å². The van der Waals surface area contributed by atoms with Gasteiger partial charge in [0.1, 0.15) is 11.6 Å². The highest BCUT2D eigenvalue weighted by Crippen LogP contribution is 2.14. The summed E-state index contributed by atoms with van der Waals surface area (Å²) in [6.07, 6.45) is 1.37. The van der Waals surface area contributed by atoms with Gasteiger partial charge in [-0.15, -0.1) is 0 Å². The van der Waals surface area contributed by atoms with E-state index >= 15 is 0 Å². The molecule has 0 aliphatic carbocycles. The summed E-state index contributed by atoms with van der Waals surface area (Å²) in [6.45, 7) is 0. The number of amides is 1. The lowest BCUT2D eigenvalue weighted by atomic mass is 10.3. The number of pyridine rings is 2. The molecule has 2 heterocycles. The van der Waals surface area contributed by atoms with Crippen molar-refractivity contribution >= 4 is 11.7 Å². The Labute approximate surface area is 96.0 Å². The van der Waals surface area contributed by atoms with Crippen molar-refractivity contribution in [1.82, 2.24) is 9.97 Å². The van der Waals surface area contributed by atoms with E-state index in [0.29, 0.717) is 0 Å². The number of hydrogen-bond donors (Lipinski definition) is 2. The molecule has 0 aliphatic rings. The van der Waals surface area contributed by atoms with Crippen LogP contribution in [0.2, 0.25) is 0 Å². The average molecular weight is 233 g/mol. The van der Waals surface area contributed by atoms with Gasteiger partial charge in [-0.3, -0.25) is 4.79 Å². The first-order valence-corrected chi connectivity index (χ1v) is 4.75. The molecule has 17 heavy (non-hydrogen) atoms. The topological polar surface area (TPSA) is 75.1 Å². The van der Waals surface area contributed by atoms with Gasteiger partial charge in [0.25, 0.3) is 5.91 Å². The molecule has 5 nitrogen and oxygen atoms in total. The highest BCUT2D eigenvalue weighted by Gasteiger charge is 2.12. The Kier molecular flexibility index (Phi) is 2.95. The van der Waals surface area contributed by atoms with E-state index in [2.05, 4.69) is 15.3 Å². The van der Waals surface area contributed by atoms with Crippen LogP contribution in [-0.4, -0.2) is 21.0 Å². The van der Waals surface area contributed by atoms with Crippen molar-refractivity contribution < 1.29 is 14.3 Å². The molecule has 0 spiro atoms. The molecule has 0 fully saturated rings. The van der Waals surface area contributed by atoms with Gasteiger partial charge in [-0.2, -0.15) is 4.39 Å². The molecule has 86 valence electrons. The quantitative estimate of drug-likeness (QED) is 0.772. The highest BCUT2D eigenvalue weighted by atomic mass is 19.1. The number of nitrogens with zero attached hydrogens (tertiary/aromatic N) is 2. The second-order valence-electron chi connectivity index (χ2n) is 3.17. The Bertz CT molecular complexity index is 560. The predicted molar refractivity (Wildman–Crippen MR) is 58.1 cm³/mol. The van der Waals surface area contributed by atoms with Gasteiger partial charge in [-0.05, 0) is 24.3 Å². The maximum Gasteiger partial charge on any atom is 0.279 e. The van der Waals surface area contributed by atoms with E-state index in [0.717, 1.165) is 6.07 Å². The Hall–Kier alpha value is -2.50. The van der Waals surface area contributed by atoms with Crippen LogP contribution < -0.4 is 5.32 Å². The molecule has 2 N–H and O–H groups in total. The van der Waals surface area contributed by atoms with Crippen LogP contribution in [0.5, 0.6) is 5.75 Å². The first-order chi connectivity index (χ1) is 8.16. The maximum absolute atomic E-state index is 12.8. The fourth-order valence-electron chi connectivity index (χ4n) is 1.23. The van der Waals surface area contributed by atoms with Gasteiger partial charge in [0.15, 0.2) is 5.69 Å². The van der Waals surface area contributed by atoms with Crippen molar-refractivity contribution in [3.05, 3.63) is 48.2 Å². The Morgan fingerprint density at radius 1 is 1.29 bits per heavy atom. The minimum absolute atomic E-state index is 0.0556. The van der Waals surface area contributed by atoms with E-state index in [-0.39, 0.29) is 17.3 Å². The van der Waals surface area contributed by atoms with E-state index in [1.807, 2.05) is 0 Å². The zero-order valence-corrected chi connectivity index (χ0v) is 8.59. The third kappa shape index (κ3) is 2.54. The number of hydrogen-bond acceptors (Lipinski definition) is 4. The third-order valence-corrected chi connectivity index (χ3v) is 1.96. The van der Waals surface area contributed by atoms with Gasteiger partial charge in [-0.25, -0.2) is 9.97 Å². The maximum atomic E-state index is 12.8. The molecule has 2 rings (SSSR count). The van der Waals surface area contributed by atoms with Crippen molar-refractivity contribution in [1.29, 1.82) is 0 Å². The van der Waals surface area contributed by atoms with Gasteiger partial charge >= 0.3 is 0 Å². The Morgan fingerprint density at radius 3 is 2.82 bits per heavy atom. The van der Waals surface area contributed by atoms with Crippen LogP contribution in [0.3, 0.4) is 0 Å². The number of nitrogens with one attached hydrogen (secondary N) is 1. The van der Waals surface area contributed by atoms with E-state index in [1.54, 1.807) is 0 Å². The first kappa shape index (κ1) is 11.0. The van der Waals surface area contributed by atoms with Crippen molar-refractivity contribution in [2.24, 2.45) is 0 Å². The standard InChI is InChI=1S/C11H8FN3O2/c12-8-4-1-5-9(14-8)15-11(17)10-7(16)3-2-6-13-10/h1-6,16H,(H,14,15,17). The Balaban J connectivity index is 2.20. The van der Waals surface area contributed by atoms with Gasteiger partial charge in [0, 0.05) is 6.20 Å². The van der Waals surface area contributed by atoms with E-state index in [1.165, 1.54) is 30.5 Å². The monoisotopic (exact) mass is 233 g/mol. The fourth-order valence-corrected chi connectivity index (χ4v) is 1.23. The zero-order chi connectivity index (χ0) is 12.3. The zero-order valence-electron chi connectivity index (χ0n) is 8.59. The van der Waals surface area contributed by atoms with Crippen molar-refractivity contribution in [3.8, 4) is 5.75 Å². The van der Waals surface area contributed by atoms with Crippen molar-refractivity contribution in [2.45, 2.75) is 0 Å². The van der Waals surface area contributed by atoms with E-state index in [9.17, 15) is 14.3 Å². The molecule has 0 saturated heterocycles. The lowest BCUT2D eigenvalue weighted by Crippen LogP contribution is -2.14. The summed E-state index contributed by atoms with van der Waals surface area (Å²) in [4.78, 5) is 18.8. The molecular formula is C11H8FN3O2. The van der Waals surface area contributed by atoms with Crippen LogP contribution in [0.25, 0.3) is 0 Å². The highest BCUT2D eigenvalue weighted by molar-refractivity contribution is 6.04. The molecule has 0 aliphatic heterocycles. The number of carbonyl (C=O) groups excluding carboxylic acids is 1. The summed E-state index contributed by atoms with van der Waals surface area (Å²) in [7, 11) is 0. The second kappa shape index (κ2) is 4.56. The SMILES string of the molecule is O=C(Nc1cccc(F)n1)c1ncccc1O. The summed E-state index contributed by atoms with van der Waals surface area (Å²) in [5, 5.41) is 11.7. The number of anilines is 1. The van der Waals surface area contributed by atoms with Crippen LogP contribution in [0.1, 0.15) is 10.5 Å². The predicted octanol–water partition coefficient (Wildman–Crippen LogP) is 1.57. The number of halogens is 1. The normalized spacial score (nSPS) is 9.94. The minimum atomic E-state index is -0.701. The molecular weight excluding hydrogens is 225 g/mol. The molecule has 0 unspecified atom stereocenters. The lowest BCUT2D eigenvalue weighted by Gasteiger charge is -2.04. The number of rotatable bonds is 2. The summed E-state index contributed by atoms with van der Waals surface area (Å²) >= 11 is 0. The van der Waals surface area contributed by atoms with Crippen LogP contribution >= 0.6 is 0 Å². The minimum Gasteiger partial charge on any atom is -0.505 e. The summed E-state index contributed by atoms with van der Waals surface area (Å²) in [6, 6.07) is 6.83. The second-order valence-corrected chi connectivity index (χ2v) is 3.17. The molecule has 0 bridgehead atoms. The van der Waals surface area contributed by atoms with Gasteiger partial charge in [-0.1, -0.05) is 6.07 Å². The number of aromatic hydroxyl groups is 1. The van der Waals surface area contributed by atoms with Gasteiger partial charge in [0.2, 0.25) is 5.95 Å². The average Bonchev–Trinajstić information content (AvgIpc) is 2.29. The van der Waals surface area contributed by atoms with Crippen molar-refractivity contribution in [2.75, 3.05) is 5.32 Å². The molecule has 0 radical (unpaired) electrons. The largest absolute Gasteiger partial charge is 0.505 e. The number of carbonyl (C=O) groups is 1. The summed E-state index contributed by atoms with van der Waals surface area (Å²) < 4.78 is 12.8. The number of aromatic nitrogens is 2. The van der Waals surface area contributed by atoms with Crippen LogP contribution in [-0.2, 0) is 0 Å². The van der Waals surface area contributed by atoms with E-state index < -0.39 is 11.9 Å². The fraction of sp³-hybridized carbons (Fsp3) is 0. The van der Waals surface area contributed by atoms with Gasteiger partial charge in [0.05, 0.1) is 0 Å². The summed E-state index contributed by atoms with van der Waals surface area (Å²) in [5.41, 5.74) is -0.140. The van der Waals surface area contributed by atoms with Gasteiger partial charge < -0.3 is 10.4 Å². The smallest absolute Gasteiger partial charge is 0.279 e. The lowest BCUT2D eigenvalue weighted by molar-refractivity contribution is 0.101. The molecule has 0 atom stereocenters. The molecule has 0 aromatic carbocycles. The molecule has 1 amide bonds. The summed E-state index contributed by atoms with van der Waals surface area (Å²) in [5.74, 6) is -1.55. The van der Waals surface area contributed by atoms with Crippen LogP contribution in [0.15, 0.2) is 36.5 Å².